The van der Waals surface area contributed by atoms with E-state index < -0.39 is 0 Å². The number of rotatable bonds is 3. The lowest BCUT2D eigenvalue weighted by molar-refractivity contribution is 0.256. The van der Waals surface area contributed by atoms with Crippen LogP contribution in [0.1, 0.15) is 17.9 Å². The minimum atomic E-state index is -0.165. The van der Waals surface area contributed by atoms with Gasteiger partial charge in [0.25, 0.3) is 0 Å². The topological polar surface area (TPSA) is 3.24 Å². The fourth-order valence-electron chi connectivity index (χ4n) is 2.94. The summed E-state index contributed by atoms with van der Waals surface area (Å²) in [6.45, 7) is 2.21. The number of benzene rings is 2. The van der Waals surface area contributed by atoms with Gasteiger partial charge in [-0.15, -0.1) is 24.2 Å². The third-order valence-corrected chi connectivity index (χ3v) is 5.49. The van der Waals surface area contributed by atoms with Crippen molar-refractivity contribution in [2.45, 2.75) is 22.5 Å². The average molecular weight is 338 g/mol. The Morgan fingerprint density at radius 3 is 2.41 bits per heavy atom. The van der Waals surface area contributed by atoms with Gasteiger partial charge in [0, 0.05) is 22.6 Å². The molecule has 1 aliphatic rings. The van der Waals surface area contributed by atoms with Crippen molar-refractivity contribution in [2.24, 2.45) is 0 Å². The molecule has 1 nitrogen and oxygen atoms in total. The van der Waals surface area contributed by atoms with Crippen LogP contribution in [0.15, 0.2) is 59.5 Å². The summed E-state index contributed by atoms with van der Waals surface area (Å²) < 4.78 is 13.0. The van der Waals surface area contributed by atoms with Crippen LogP contribution in [0.2, 0.25) is 0 Å². The van der Waals surface area contributed by atoms with E-state index in [4.69, 9.17) is 0 Å². The van der Waals surface area contributed by atoms with E-state index >= 15 is 0 Å². The second-order valence-corrected chi connectivity index (χ2v) is 6.99. The number of hydrogen-bond donors (Lipinski definition) is 0. The molecule has 1 fully saturated rings. The molecule has 0 spiro atoms. The Balaban J connectivity index is 0.00000176. The molecule has 1 saturated heterocycles. The molecular formula is C18H21ClFNS. The molecule has 22 heavy (non-hydrogen) atoms. The van der Waals surface area contributed by atoms with E-state index in [-0.39, 0.29) is 18.2 Å². The molecule has 1 heterocycles. The first-order valence-corrected chi connectivity index (χ1v) is 8.26. The van der Waals surface area contributed by atoms with Crippen molar-refractivity contribution < 1.29 is 4.39 Å². The molecule has 0 N–H and O–H groups in total. The zero-order valence-corrected chi connectivity index (χ0v) is 14.2. The maximum atomic E-state index is 13.0. The fourth-order valence-corrected chi connectivity index (χ4v) is 4.22. The second kappa shape index (κ2) is 8.00. The summed E-state index contributed by atoms with van der Waals surface area (Å²) in [6, 6.07) is 17.6. The number of piperidine rings is 1. The smallest absolute Gasteiger partial charge is 0.123 e. The van der Waals surface area contributed by atoms with Gasteiger partial charge < -0.3 is 4.90 Å². The number of hydrogen-bond acceptors (Lipinski definition) is 2. The van der Waals surface area contributed by atoms with Gasteiger partial charge in [-0.05, 0) is 49.8 Å². The molecule has 0 bridgehead atoms. The summed E-state index contributed by atoms with van der Waals surface area (Å²) in [6.07, 6.45) is 1.16. The highest BCUT2D eigenvalue weighted by Gasteiger charge is 2.29. The van der Waals surface area contributed by atoms with Crippen molar-refractivity contribution in [1.82, 2.24) is 4.90 Å². The van der Waals surface area contributed by atoms with E-state index in [1.54, 1.807) is 12.1 Å². The Hall–Kier alpha value is -1.03. The Morgan fingerprint density at radius 1 is 1.05 bits per heavy atom. The molecule has 2 aromatic carbocycles. The molecule has 0 radical (unpaired) electrons. The molecule has 0 aliphatic carbocycles. The zero-order valence-electron chi connectivity index (χ0n) is 12.6. The van der Waals surface area contributed by atoms with Crippen molar-refractivity contribution in [3.8, 4) is 0 Å². The highest BCUT2D eigenvalue weighted by Crippen LogP contribution is 2.38. The molecular weight excluding hydrogens is 317 g/mol. The lowest BCUT2D eigenvalue weighted by atomic mass is 9.90. The van der Waals surface area contributed by atoms with Crippen LogP contribution in [0, 0.1) is 5.82 Å². The van der Waals surface area contributed by atoms with E-state index in [1.807, 2.05) is 23.9 Å². The molecule has 4 heteroatoms. The van der Waals surface area contributed by atoms with Gasteiger partial charge in [0.15, 0.2) is 0 Å². The molecule has 2 atom stereocenters. The molecule has 3 rings (SSSR count). The highest BCUT2D eigenvalue weighted by molar-refractivity contribution is 8.00. The van der Waals surface area contributed by atoms with Crippen LogP contribution in [0.5, 0.6) is 0 Å². The third-order valence-electron chi connectivity index (χ3n) is 4.08. The average Bonchev–Trinajstić information content (AvgIpc) is 2.52. The Labute approximate surface area is 142 Å². The molecule has 0 amide bonds. The summed E-state index contributed by atoms with van der Waals surface area (Å²) in [5, 5.41) is 0.550. The Kier molecular flexibility index (Phi) is 6.30. The summed E-state index contributed by atoms with van der Waals surface area (Å²) >= 11 is 1.88. The van der Waals surface area contributed by atoms with Crippen molar-refractivity contribution in [2.75, 3.05) is 20.1 Å². The third kappa shape index (κ3) is 4.25. The normalized spacial score (nSPS) is 22.1. The monoisotopic (exact) mass is 337 g/mol. The van der Waals surface area contributed by atoms with Crippen molar-refractivity contribution in [1.29, 1.82) is 0 Å². The van der Waals surface area contributed by atoms with E-state index in [1.165, 1.54) is 5.56 Å². The van der Waals surface area contributed by atoms with Gasteiger partial charge in [-0.1, -0.05) is 30.3 Å². The van der Waals surface area contributed by atoms with Gasteiger partial charge in [-0.2, -0.15) is 0 Å². The summed E-state index contributed by atoms with van der Waals surface area (Å²) in [5.41, 5.74) is 1.41. The molecule has 1 aliphatic heterocycles. The largest absolute Gasteiger partial charge is 0.306 e. The Bertz CT molecular complexity index is 575. The van der Waals surface area contributed by atoms with Crippen LogP contribution >= 0.6 is 24.2 Å². The first kappa shape index (κ1) is 17.3. The first-order valence-electron chi connectivity index (χ1n) is 7.38. The van der Waals surface area contributed by atoms with Gasteiger partial charge in [-0.25, -0.2) is 4.39 Å². The number of nitrogens with zero attached hydrogens (tertiary/aromatic N) is 1. The Morgan fingerprint density at radius 2 is 1.73 bits per heavy atom. The molecule has 0 saturated carbocycles. The van der Waals surface area contributed by atoms with E-state index in [9.17, 15) is 4.39 Å². The number of halogens is 2. The molecule has 0 unspecified atom stereocenters. The van der Waals surface area contributed by atoms with Gasteiger partial charge >= 0.3 is 0 Å². The number of likely N-dealkylation sites (tertiary alicyclic amines) is 1. The van der Waals surface area contributed by atoms with E-state index in [2.05, 4.69) is 42.3 Å². The minimum absolute atomic E-state index is 0. The van der Waals surface area contributed by atoms with Crippen LogP contribution in [0.4, 0.5) is 4.39 Å². The predicted molar refractivity (Wildman–Crippen MR) is 94.6 cm³/mol. The molecule has 0 aromatic heterocycles. The van der Waals surface area contributed by atoms with Gasteiger partial charge in [0.1, 0.15) is 5.82 Å². The van der Waals surface area contributed by atoms with Crippen LogP contribution < -0.4 is 0 Å². The van der Waals surface area contributed by atoms with Gasteiger partial charge in [0.05, 0.1) is 0 Å². The van der Waals surface area contributed by atoms with Crippen LogP contribution in [0.3, 0.4) is 0 Å². The first-order chi connectivity index (χ1) is 10.2. The lowest BCUT2D eigenvalue weighted by Gasteiger charge is -2.36. The summed E-state index contributed by atoms with van der Waals surface area (Å²) in [4.78, 5) is 3.56. The number of thioether (sulfide) groups is 1. The van der Waals surface area contributed by atoms with Crippen molar-refractivity contribution >= 4 is 24.2 Å². The van der Waals surface area contributed by atoms with E-state index in [0.717, 1.165) is 24.4 Å². The highest BCUT2D eigenvalue weighted by atomic mass is 35.5. The zero-order chi connectivity index (χ0) is 14.7. The van der Waals surface area contributed by atoms with Crippen LogP contribution in [-0.4, -0.2) is 30.3 Å². The summed E-state index contributed by atoms with van der Waals surface area (Å²) in [7, 11) is 2.19. The molecule has 118 valence electrons. The predicted octanol–water partition coefficient (Wildman–Crippen LogP) is 4.83. The number of likely N-dealkylation sites (N-methyl/N-ethyl adjacent to an activating group) is 1. The lowest BCUT2D eigenvalue weighted by Crippen LogP contribution is -2.38. The van der Waals surface area contributed by atoms with Gasteiger partial charge in [-0.3, -0.25) is 0 Å². The van der Waals surface area contributed by atoms with Crippen molar-refractivity contribution in [3.05, 3.63) is 66.0 Å². The standard InChI is InChI=1S/C18H20FNS.ClH/c1-20-12-11-18(21-16-9-7-15(19)8-10-16)17(13-20)14-5-3-2-4-6-14;/h2-10,17-18H,11-13H2,1H3;1H/t17-,18+;/m1./s1. The molecule has 2 aromatic rings. The van der Waals surface area contributed by atoms with Crippen molar-refractivity contribution in [3.63, 3.8) is 0 Å². The van der Waals surface area contributed by atoms with Crippen LogP contribution in [-0.2, 0) is 0 Å². The summed E-state index contributed by atoms with van der Waals surface area (Å²) in [5.74, 6) is 0.363. The fraction of sp³-hybridized carbons (Fsp3) is 0.333. The quantitative estimate of drug-likeness (QED) is 0.789. The maximum Gasteiger partial charge on any atom is 0.123 e. The van der Waals surface area contributed by atoms with Gasteiger partial charge in [0.2, 0.25) is 0 Å². The van der Waals surface area contributed by atoms with E-state index in [0.29, 0.717) is 11.2 Å². The van der Waals surface area contributed by atoms with Crippen LogP contribution in [0.25, 0.3) is 0 Å². The maximum absolute atomic E-state index is 13.0. The minimum Gasteiger partial charge on any atom is -0.306 e. The SMILES string of the molecule is CN1CC[C@H](Sc2ccc(F)cc2)[C@@H](c2ccccc2)C1.Cl. The second-order valence-electron chi connectivity index (χ2n) is 5.68.